The molecule has 16 heavy (non-hydrogen) atoms. The van der Waals surface area contributed by atoms with Crippen molar-refractivity contribution >= 4 is 0 Å². The van der Waals surface area contributed by atoms with Gasteiger partial charge in [-0.2, -0.15) is 0 Å². The summed E-state index contributed by atoms with van der Waals surface area (Å²) in [5.41, 5.74) is 0. The van der Waals surface area contributed by atoms with Gasteiger partial charge >= 0.3 is 0 Å². The molecule has 0 aromatic heterocycles. The molecular formula is C12H25NO3. The monoisotopic (exact) mass is 231 g/mol. The van der Waals surface area contributed by atoms with Crippen molar-refractivity contribution in [3.8, 4) is 0 Å². The van der Waals surface area contributed by atoms with Crippen molar-refractivity contribution in [3.63, 3.8) is 0 Å². The van der Waals surface area contributed by atoms with E-state index in [9.17, 15) is 10.1 Å². The van der Waals surface area contributed by atoms with E-state index in [0.29, 0.717) is 0 Å². The lowest BCUT2D eigenvalue weighted by molar-refractivity contribution is -0.757. The van der Waals surface area contributed by atoms with E-state index in [1.807, 2.05) is 0 Å². The van der Waals surface area contributed by atoms with Crippen LogP contribution < -0.4 is 0 Å². The van der Waals surface area contributed by atoms with Gasteiger partial charge in [0.2, 0.25) is 0 Å². The van der Waals surface area contributed by atoms with E-state index in [1.165, 1.54) is 38.5 Å². The first-order valence-electron chi connectivity index (χ1n) is 6.48. The Hall–Kier alpha value is -0.800. The number of hydrogen-bond donors (Lipinski definition) is 0. The topological polar surface area (TPSA) is 52.4 Å². The van der Waals surface area contributed by atoms with E-state index >= 15 is 0 Å². The second kappa shape index (κ2) is 10.7. The maximum atomic E-state index is 9.89. The first-order valence-corrected chi connectivity index (χ1v) is 6.48. The number of nitrogens with zero attached hydrogens (tertiary/aromatic N) is 1. The molecule has 0 unspecified atom stereocenters. The maximum Gasteiger partial charge on any atom is 0.294 e. The molecule has 4 nitrogen and oxygen atoms in total. The minimum absolute atomic E-state index is 0.249. The summed E-state index contributed by atoms with van der Waals surface area (Å²) in [6.07, 6.45) is 9.43. The first-order chi connectivity index (χ1) is 7.70. The molecule has 0 heterocycles. The van der Waals surface area contributed by atoms with Crippen molar-refractivity contribution in [2.45, 2.75) is 65.2 Å². The Morgan fingerprint density at radius 3 is 2.19 bits per heavy atom. The standard InChI is InChI=1S/C12H25NO3/c1-3-8-12(9-4-2)10-6-5-7-11-16-13(14)15/h12H,3-11H2,1-2H3. The second-order valence-electron chi connectivity index (χ2n) is 4.35. The molecule has 0 atom stereocenters. The molecule has 0 aromatic carbocycles. The molecule has 0 radical (unpaired) electrons. The maximum absolute atomic E-state index is 9.89. The van der Waals surface area contributed by atoms with Gasteiger partial charge in [-0.05, 0) is 12.3 Å². The van der Waals surface area contributed by atoms with Gasteiger partial charge in [-0.3, -0.25) is 0 Å². The molecule has 0 fully saturated rings. The predicted molar refractivity (Wildman–Crippen MR) is 64.7 cm³/mol. The third kappa shape index (κ3) is 9.74. The van der Waals surface area contributed by atoms with E-state index in [1.54, 1.807) is 0 Å². The molecule has 0 amide bonds. The normalized spacial score (nSPS) is 10.7. The molecule has 96 valence electrons. The Bertz CT molecular complexity index is 168. The third-order valence-electron chi connectivity index (χ3n) is 2.85. The molecule has 0 bridgehead atoms. The fourth-order valence-corrected chi connectivity index (χ4v) is 2.10. The highest BCUT2D eigenvalue weighted by Crippen LogP contribution is 2.20. The van der Waals surface area contributed by atoms with Gasteiger partial charge in [-0.15, -0.1) is 10.1 Å². The van der Waals surface area contributed by atoms with Crippen molar-refractivity contribution in [1.82, 2.24) is 0 Å². The van der Waals surface area contributed by atoms with Gasteiger partial charge in [0.05, 0.1) is 6.61 Å². The van der Waals surface area contributed by atoms with E-state index in [4.69, 9.17) is 0 Å². The molecule has 0 saturated carbocycles. The van der Waals surface area contributed by atoms with Gasteiger partial charge in [-0.1, -0.05) is 58.8 Å². The summed E-state index contributed by atoms with van der Waals surface area (Å²) >= 11 is 0. The summed E-state index contributed by atoms with van der Waals surface area (Å²) in [6, 6.07) is 0. The zero-order chi connectivity index (χ0) is 12.2. The molecule has 0 aliphatic heterocycles. The molecule has 4 heteroatoms. The first kappa shape index (κ1) is 15.2. The Balaban J connectivity index is 3.35. The van der Waals surface area contributed by atoms with Crippen molar-refractivity contribution in [2.24, 2.45) is 5.92 Å². The lowest BCUT2D eigenvalue weighted by Gasteiger charge is -2.14. The fourth-order valence-electron chi connectivity index (χ4n) is 2.10. The largest absolute Gasteiger partial charge is 0.314 e. The highest BCUT2D eigenvalue weighted by Gasteiger charge is 2.06. The molecule has 0 aliphatic rings. The smallest absolute Gasteiger partial charge is 0.294 e. The lowest BCUT2D eigenvalue weighted by Crippen LogP contribution is -2.03. The van der Waals surface area contributed by atoms with E-state index in [-0.39, 0.29) is 6.61 Å². The van der Waals surface area contributed by atoms with Crippen molar-refractivity contribution in [1.29, 1.82) is 0 Å². The van der Waals surface area contributed by atoms with Crippen LogP contribution in [-0.4, -0.2) is 11.7 Å². The SMILES string of the molecule is CCCC(CCC)CCCCCO[N+](=O)[O-]. The van der Waals surface area contributed by atoms with Crippen molar-refractivity contribution in [2.75, 3.05) is 6.61 Å². The van der Waals surface area contributed by atoms with Crippen LogP contribution in [0.1, 0.15) is 65.2 Å². The zero-order valence-electron chi connectivity index (χ0n) is 10.6. The Labute approximate surface area is 98.5 Å². The quantitative estimate of drug-likeness (QED) is 0.307. The number of unbranched alkanes of at least 4 members (excludes halogenated alkanes) is 2. The van der Waals surface area contributed by atoms with Crippen LogP contribution in [0.25, 0.3) is 0 Å². The highest BCUT2D eigenvalue weighted by molar-refractivity contribution is 4.58. The second-order valence-corrected chi connectivity index (χ2v) is 4.35. The van der Waals surface area contributed by atoms with Gasteiger partial charge in [0.25, 0.3) is 5.09 Å². The van der Waals surface area contributed by atoms with Crippen LogP contribution in [0.3, 0.4) is 0 Å². The van der Waals surface area contributed by atoms with Crippen LogP contribution in [0.15, 0.2) is 0 Å². The average molecular weight is 231 g/mol. The van der Waals surface area contributed by atoms with E-state index in [0.717, 1.165) is 18.8 Å². The molecule has 0 N–H and O–H groups in total. The summed E-state index contributed by atoms with van der Waals surface area (Å²) in [4.78, 5) is 14.2. The summed E-state index contributed by atoms with van der Waals surface area (Å²) in [5, 5.41) is 9.18. The van der Waals surface area contributed by atoms with Crippen LogP contribution >= 0.6 is 0 Å². The van der Waals surface area contributed by atoms with Gasteiger partial charge in [0, 0.05) is 0 Å². The van der Waals surface area contributed by atoms with Crippen LogP contribution in [0.2, 0.25) is 0 Å². The Morgan fingerprint density at radius 1 is 1.06 bits per heavy atom. The van der Waals surface area contributed by atoms with Crippen LogP contribution in [0.5, 0.6) is 0 Å². The van der Waals surface area contributed by atoms with Crippen LogP contribution in [-0.2, 0) is 4.84 Å². The lowest BCUT2D eigenvalue weighted by atomic mass is 9.92. The summed E-state index contributed by atoms with van der Waals surface area (Å²) in [5.74, 6) is 0.853. The van der Waals surface area contributed by atoms with E-state index in [2.05, 4.69) is 18.7 Å². The Kier molecular flexibility index (Phi) is 10.2. The molecular weight excluding hydrogens is 206 g/mol. The molecule has 0 saturated heterocycles. The predicted octanol–water partition coefficient (Wildman–Crippen LogP) is 3.97. The zero-order valence-corrected chi connectivity index (χ0v) is 10.6. The fraction of sp³-hybridized carbons (Fsp3) is 1.00. The summed E-state index contributed by atoms with van der Waals surface area (Å²) < 4.78 is 0. The molecule has 0 rings (SSSR count). The molecule has 0 aromatic rings. The Morgan fingerprint density at radius 2 is 1.69 bits per heavy atom. The molecule has 0 aliphatic carbocycles. The third-order valence-corrected chi connectivity index (χ3v) is 2.85. The molecule has 0 spiro atoms. The van der Waals surface area contributed by atoms with Crippen LogP contribution in [0.4, 0.5) is 0 Å². The minimum Gasteiger partial charge on any atom is -0.314 e. The minimum atomic E-state index is -0.711. The van der Waals surface area contributed by atoms with E-state index < -0.39 is 5.09 Å². The van der Waals surface area contributed by atoms with Crippen molar-refractivity contribution in [3.05, 3.63) is 10.1 Å². The van der Waals surface area contributed by atoms with Gasteiger partial charge in [-0.25, -0.2) is 0 Å². The van der Waals surface area contributed by atoms with Gasteiger partial charge in [0.1, 0.15) is 0 Å². The number of hydrogen-bond acceptors (Lipinski definition) is 3. The van der Waals surface area contributed by atoms with Crippen LogP contribution in [0, 0.1) is 16.0 Å². The van der Waals surface area contributed by atoms with Gasteiger partial charge in [0.15, 0.2) is 0 Å². The summed E-state index contributed by atoms with van der Waals surface area (Å²) in [6.45, 7) is 4.71. The average Bonchev–Trinajstić information content (AvgIpc) is 2.23. The van der Waals surface area contributed by atoms with Crippen molar-refractivity contribution < 1.29 is 9.92 Å². The number of rotatable bonds is 11. The highest BCUT2D eigenvalue weighted by atomic mass is 16.9. The summed E-state index contributed by atoms with van der Waals surface area (Å²) in [7, 11) is 0. The van der Waals surface area contributed by atoms with Gasteiger partial charge < -0.3 is 4.84 Å².